The molecule has 116 valence electrons. The van der Waals surface area contributed by atoms with E-state index in [1.165, 1.54) is 19.3 Å². The van der Waals surface area contributed by atoms with Gasteiger partial charge in [0, 0.05) is 25.4 Å². The molecule has 0 aliphatic heterocycles. The summed E-state index contributed by atoms with van der Waals surface area (Å²) in [5, 5.41) is 0. The van der Waals surface area contributed by atoms with Gasteiger partial charge in [-0.1, -0.05) is 0 Å². The average Bonchev–Trinajstić information content (AvgIpc) is 3.24. The first-order valence-electron chi connectivity index (χ1n) is 7.37. The number of rotatable bonds is 5. The highest BCUT2D eigenvalue weighted by molar-refractivity contribution is 14.0. The van der Waals surface area contributed by atoms with Gasteiger partial charge in [-0.25, -0.2) is 9.98 Å². The van der Waals surface area contributed by atoms with Crippen LogP contribution >= 0.6 is 24.0 Å². The summed E-state index contributed by atoms with van der Waals surface area (Å²) in [6.45, 7) is 0.576. The summed E-state index contributed by atoms with van der Waals surface area (Å²) in [5.41, 5.74) is 7.07. The van der Waals surface area contributed by atoms with E-state index in [4.69, 9.17) is 10.5 Å². The number of halogens is 1. The summed E-state index contributed by atoms with van der Waals surface area (Å²) in [6, 6.07) is 4.52. The number of aliphatic imine (C=N–C) groups is 1. The minimum Gasteiger partial charge on any atom is -0.474 e. The smallest absolute Gasteiger partial charge is 0.213 e. The summed E-state index contributed by atoms with van der Waals surface area (Å²) in [6.07, 6.45) is 8.13. The Hall–Kier alpha value is -1.05. The minimum absolute atomic E-state index is 0. The molecule has 2 saturated carbocycles. The van der Waals surface area contributed by atoms with E-state index >= 15 is 0 Å². The summed E-state index contributed by atoms with van der Waals surface area (Å²) >= 11 is 0. The van der Waals surface area contributed by atoms with Gasteiger partial charge < -0.3 is 15.4 Å². The topological polar surface area (TPSA) is 63.7 Å². The van der Waals surface area contributed by atoms with Crippen molar-refractivity contribution in [3.05, 3.63) is 23.9 Å². The summed E-state index contributed by atoms with van der Waals surface area (Å²) in [4.78, 5) is 10.8. The first-order chi connectivity index (χ1) is 9.72. The second kappa shape index (κ2) is 7.29. The molecule has 1 heterocycles. The van der Waals surface area contributed by atoms with Crippen LogP contribution in [0.4, 0.5) is 0 Å². The van der Waals surface area contributed by atoms with E-state index in [9.17, 15) is 0 Å². The first kappa shape index (κ1) is 16.3. The monoisotopic (exact) mass is 402 g/mol. The van der Waals surface area contributed by atoms with Crippen LogP contribution in [0, 0.1) is 0 Å². The highest BCUT2D eigenvalue weighted by Gasteiger charge is 2.27. The molecule has 2 fully saturated rings. The van der Waals surface area contributed by atoms with Gasteiger partial charge in [-0.2, -0.15) is 0 Å². The number of hydrogen-bond donors (Lipinski definition) is 1. The van der Waals surface area contributed by atoms with Crippen LogP contribution in [0.15, 0.2) is 23.3 Å². The second-order valence-electron chi connectivity index (χ2n) is 5.69. The van der Waals surface area contributed by atoms with E-state index in [1.54, 1.807) is 6.20 Å². The van der Waals surface area contributed by atoms with Crippen LogP contribution in [0.25, 0.3) is 0 Å². The molecular weight excluding hydrogens is 379 g/mol. The van der Waals surface area contributed by atoms with Crippen molar-refractivity contribution >= 4 is 29.9 Å². The fraction of sp³-hybridized carbons (Fsp3) is 0.600. The van der Waals surface area contributed by atoms with E-state index in [2.05, 4.69) is 14.9 Å². The van der Waals surface area contributed by atoms with Crippen molar-refractivity contribution in [1.82, 2.24) is 9.88 Å². The zero-order valence-electron chi connectivity index (χ0n) is 12.4. The first-order valence-corrected chi connectivity index (χ1v) is 7.37. The third-order valence-corrected chi connectivity index (χ3v) is 4.02. The van der Waals surface area contributed by atoms with E-state index in [-0.39, 0.29) is 24.0 Å². The third kappa shape index (κ3) is 4.46. The number of hydrogen-bond acceptors (Lipinski definition) is 3. The molecule has 0 atom stereocenters. The molecule has 3 rings (SSSR count). The SMILES string of the molecule is CN(C(N)=NCc1ccnc(OC2CCC2)c1)C1CC1.I. The van der Waals surface area contributed by atoms with Crippen LogP contribution in [-0.4, -0.2) is 35.0 Å². The lowest BCUT2D eigenvalue weighted by Crippen LogP contribution is -2.35. The zero-order valence-corrected chi connectivity index (χ0v) is 14.7. The largest absolute Gasteiger partial charge is 0.474 e. The van der Waals surface area contributed by atoms with Crippen LogP contribution in [0.2, 0.25) is 0 Å². The van der Waals surface area contributed by atoms with Crippen molar-refractivity contribution in [2.24, 2.45) is 10.7 Å². The van der Waals surface area contributed by atoms with E-state index in [1.807, 2.05) is 19.2 Å². The number of ether oxygens (including phenoxy) is 1. The van der Waals surface area contributed by atoms with E-state index in [0.717, 1.165) is 18.4 Å². The zero-order chi connectivity index (χ0) is 13.9. The van der Waals surface area contributed by atoms with Gasteiger partial charge in [0.1, 0.15) is 6.10 Å². The Morgan fingerprint density at radius 3 is 2.81 bits per heavy atom. The van der Waals surface area contributed by atoms with Crippen LogP contribution in [0.3, 0.4) is 0 Å². The second-order valence-corrected chi connectivity index (χ2v) is 5.69. The van der Waals surface area contributed by atoms with Gasteiger partial charge in [0.25, 0.3) is 0 Å². The van der Waals surface area contributed by atoms with Gasteiger partial charge in [-0.15, -0.1) is 24.0 Å². The summed E-state index contributed by atoms with van der Waals surface area (Å²) in [5.74, 6) is 1.32. The lowest BCUT2D eigenvalue weighted by molar-refractivity contribution is 0.114. The minimum atomic E-state index is 0. The number of pyridine rings is 1. The molecule has 0 unspecified atom stereocenters. The maximum Gasteiger partial charge on any atom is 0.213 e. The van der Waals surface area contributed by atoms with Crippen LogP contribution in [0.5, 0.6) is 5.88 Å². The number of aromatic nitrogens is 1. The normalized spacial score (nSPS) is 18.6. The van der Waals surface area contributed by atoms with Crippen molar-refractivity contribution in [2.45, 2.75) is 50.8 Å². The summed E-state index contributed by atoms with van der Waals surface area (Å²) in [7, 11) is 2.01. The fourth-order valence-corrected chi connectivity index (χ4v) is 2.21. The number of guanidine groups is 1. The molecule has 5 nitrogen and oxygen atoms in total. The molecular formula is C15H23IN4O. The molecule has 1 aromatic rings. The highest BCUT2D eigenvalue weighted by Crippen LogP contribution is 2.25. The van der Waals surface area contributed by atoms with Crippen molar-refractivity contribution in [2.75, 3.05) is 7.05 Å². The molecule has 6 heteroatoms. The Morgan fingerprint density at radius 1 is 1.43 bits per heavy atom. The van der Waals surface area contributed by atoms with Gasteiger partial charge in [0.15, 0.2) is 5.96 Å². The van der Waals surface area contributed by atoms with Crippen molar-refractivity contribution in [3.8, 4) is 5.88 Å². The molecule has 2 aliphatic rings. The fourth-order valence-electron chi connectivity index (χ4n) is 2.21. The Kier molecular flexibility index (Phi) is 5.66. The molecule has 1 aromatic heterocycles. The maximum atomic E-state index is 5.98. The molecule has 0 radical (unpaired) electrons. The van der Waals surface area contributed by atoms with Gasteiger partial charge in [0.05, 0.1) is 6.54 Å². The molecule has 0 saturated heterocycles. The molecule has 0 amide bonds. The Labute approximate surface area is 143 Å². The Balaban J connectivity index is 0.00000161. The Morgan fingerprint density at radius 2 is 2.19 bits per heavy atom. The van der Waals surface area contributed by atoms with Gasteiger partial charge >= 0.3 is 0 Å². The quantitative estimate of drug-likeness (QED) is 0.467. The number of nitrogens with zero attached hydrogens (tertiary/aromatic N) is 3. The lowest BCUT2D eigenvalue weighted by atomic mass is 9.96. The van der Waals surface area contributed by atoms with Crippen LogP contribution in [-0.2, 0) is 6.54 Å². The molecule has 0 aromatic carbocycles. The highest BCUT2D eigenvalue weighted by atomic mass is 127. The molecule has 0 bridgehead atoms. The predicted molar refractivity (Wildman–Crippen MR) is 94.0 cm³/mol. The van der Waals surface area contributed by atoms with Crippen molar-refractivity contribution < 1.29 is 4.74 Å². The van der Waals surface area contributed by atoms with Gasteiger partial charge in [0.2, 0.25) is 5.88 Å². The maximum absolute atomic E-state index is 5.98. The van der Waals surface area contributed by atoms with E-state index in [0.29, 0.717) is 30.5 Å². The van der Waals surface area contributed by atoms with Crippen molar-refractivity contribution in [3.63, 3.8) is 0 Å². The molecule has 21 heavy (non-hydrogen) atoms. The molecule has 0 spiro atoms. The van der Waals surface area contributed by atoms with Crippen LogP contribution in [0.1, 0.15) is 37.7 Å². The summed E-state index contributed by atoms with van der Waals surface area (Å²) < 4.78 is 5.79. The predicted octanol–water partition coefficient (Wildman–Crippen LogP) is 2.54. The standard InChI is InChI=1S/C15H22N4O.HI/c1-19(12-5-6-12)15(16)18-10-11-7-8-17-14(9-11)20-13-3-2-4-13;/h7-9,12-13H,2-6,10H2,1H3,(H2,16,18);1H. The average molecular weight is 402 g/mol. The number of nitrogens with two attached hydrogens (primary N) is 1. The third-order valence-electron chi connectivity index (χ3n) is 4.02. The van der Waals surface area contributed by atoms with Crippen LogP contribution < -0.4 is 10.5 Å². The Bertz CT molecular complexity index is 500. The van der Waals surface area contributed by atoms with E-state index < -0.39 is 0 Å². The lowest BCUT2D eigenvalue weighted by Gasteiger charge is -2.25. The van der Waals surface area contributed by atoms with Crippen molar-refractivity contribution in [1.29, 1.82) is 0 Å². The molecule has 2 N–H and O–H groups in total. The van der Waals surface area contributed by atoms with Gasteiger partial charge in [-0.3, -0.25) is 0 Å². The molecule has 2 aliphatic carbocycles. The van der Waals surface area contributed by atoms with Gasteiger partial charge in [-0.05, 0) is 43.7 Å².